The molecular weight excluding hydrogens is 352 g/mol. The number of hydrogen-bond donors (Lipinski definition) is 2. The summed E-state index contributed by atoms with van der Waals surface area (Å²) in [6.07, 6.45) is 7.04. The van der Waals surface area contributed by atoms with E-state index in [0.29, 0.717) is 16.7 Å². The largest absolute Gasteiger partial charge is 0.338 e. The minimum atomic E-state index is -0.141. The first kappa shape index (κ1) is 16.4. The van der Waals surface area contributed by atoms with Crippen molar-refractivity contribution in [2.45, 2.75) is 5.92 Å². The van der Waals surface area contributed by atoms with Crippen LogP contribution in [0.3, 0.4) is 0 Å². The fourth-order valence-electron chi connectivity index (χ4n) is 3.64. The summed E-state index contributed by atoms with van der Waals surface area (Å²) >= 11 is 0. The monoisotopic (exact) mass is 370 g/mol. The highest BCUT2D eigenvalue weighted by atomic mass is 16.1. The van der Waals surface area contributed by atoms with Gasteiger partial charge < -0.3 is 10.3 Å². The van der Waals surface area contributed by atoms with Crippen LogP contribution in [0, 0.1) is 0 Å². The predicted octanol–water partition coefficient (Wildman–Crippen LogP) is 3.23. The third-order valence-corrected chi connectivity index (χ3v) is 5.00. The Kier molecular flexibility index (Phi) is 3.79. The normalized spacial score (nSPS) is 16.2. The van der Waals surface area contributed by atoms with E-state index in [4.69, 9.17) is 4.98 Å². The lowest BCUT2D eigenvalue weighted by Gasteiger charge is -2.14. The van der Waals surface area contributed by atoms with Crippen molar-refractivity contribution in [1.29, 1.82) is 0 Å². The van der Waals surface area contributed by atoms with Crippen LogP contribution in [0.5, 0.6) is 0 Å². The lowest BCUT2D eigenvalue weighted by atomic mass is 9.96. The number of benzene rings is 1. The maximum absolute atomic E-state index is 12.6. The maximum atomic E-state index is 12.6. The molecule has 7 heteroatoms. The smallest absolute Gasteiger partial charge is 0.258 e. The average molecular weight is 370 g/mol. The lowest BCUT2D eigenvalue weighted by molar-refractivity contribution is 0.381. The Morgan fingerprint density at radius 1 is 1.21 bits per heavy atom. The Balaban J connectivity index is 1.74. The molecule has 0 saturated carbocycles. The summed E-state index contributed by atoms with van der Waals surface area (Å²) < 4.78 is 0. The number of hydrazone groups is 1. The molecule has 0 aliphatic carbocycles. The van der Waals surface area contributed by atoms with E-state index >= 15 is 0 Å². The molecule has 5 rings (SSSR count). The van der Waals surface area contributed by atoms with Gasteiger partial charge in [-0.3, -0.25) is 14.8 Å². The molecule has 1 aliphatic rings. The molecule has 0 amide bonds. The van der Waals surface area contributed by atoms with Crippen molar-refractivity contribution in [3.8, 4) is 0 Å². The molecule has 0 saturated heterocycles. The van der Waals surface area contributed by atoms with Gasteiger partial charge in [-0.1, -0.05) is 12.1 Å². The van der Waals surface area contributed by atoms with Crippen LogP contribution in [-0.4, -0.2) is 39.8 Å². The van der Waals surface area contributed by atoms with Gasteiger partial charge in [0, 0.05) is 48.9 Å². The molecule has 0 spiro atoms. The van der Waals surface area contributed by atoms with E-state index in [1.54, 1.807) is 18.6 Å². The second-order valence-electron chi connectivity index (χ2n) is 6.91. The number of aromatic nitrogens is 3. The molecule has 4 heterocycles. The first-order valence-electron chi connectivity index (χ1n) is 9.06. The van der Waals surface area contributed by atoms with E-state index in [2.05, 4.69) is 32.5 Å². The van der Waals surface area contributed by atoms with Gasteiger partial charge in [-0.05, 0) is 29.8 Å². The van der Waals surface area contributed by atoms with E-state index in [1.807, 2.05) is 42.5 Å². The van der Waals surface area contributed by atoms with Crippen molar-refractivity contribution in [3.63, 3.8) is 0 Å². The van der Waals surface area contributed by atoms with Crippen LogP contribution >= 0.6 is 0 Å². The van der Waals surface area contributed by atoms with Gasteiger partial charge in [0.05, 0.1) is 22.8 Å². The molecule has 1 atom stereocenters. The zero-order chi connectivity index (χ0) is 19.1. The maximum Gasteiger partial charge on any atom is 0.258 e. The number of H-pyrrole nitrogens is 1. The van der Waals surface area contributed by atoms with Crippen LogP contribution in [0.15, 0.2) is 64.9 Å². The number of pyridine rings is 3. The fourth-order valence-corrected chi connectivity index (χ4v) is 3.64. The molecule has 28 heavy (non-hydrogen) atoms. The fraction of sp³-hybridized carbons (Fsp3) is 0.143. The molecule has 0 radical (unpaired) electrons. The molecule has 3 aromatic heterocycles. The van der Waals surface area contributed by atoms with Crippen molar-refractivity contribution in [2.75, 3.05) is 18.9 Å². The SMILES string of the molecule is CN1CC(c2ccc3c(Nc4cccnc4)nc4cc[nH]c(=O)c4c3c2)C=N1. The summed E-state index contributed by atoms with van der Waals surface area (Å²) in [6.45, 7) is 0.825. The number of anilines is 2. The highest BCUT2D eigenvalue weighted by molar-refractivity contribution is 6.10. The van der Waals surface area contributed by atoms with Gasteiger partial charge in [0.1, 0.15) is 5.82 Å². The minimum Gasteiger partial charge on any atom is -0.338 e. The number of nitrogens with zero attached hydrogens (tertiary/aromatic N) is 4. The highest BCUT2D eigenvalue weighted by Crippen LogP contribution is 2.32. The quantitative estimate of drug-likeness (QED) is 0.541. The van der Waals surface area contributed by atoms with Gasteiger partial charge in [-0.15, -0.1) is 0 Å². The van der Waals surface area contributed by atoms with Gasteiger partial charge >= 0.3 is 0 Å². The standard InChI is InChI=1S/C21H18N6O/c1-27-12-14(10-24-27)13-4-5-16-17(9-13)19-18(6-8-23-21(19)28)26-20(16)25-15-3-2-7-22-11-15/h2-11,14H,12H2,1H3,(H,23,28)(H,25,26). The Bertz CT molecular complexity index is 1260. The van der Waals surface area contributed by atoms with Crippen LogP contribution in [0.1, 0.15) is 11.5 Å². The van der Waals surface area contributed by atoms with Gasteiger partial charge in [0.2, 0.25) is 0 Å². The number of fused-ring (bicyclic) bond motifs is 3. The van der Waals surface area contributed by atoms with Gasteiger partial charge in [0.25, 0.3) is 5.56 Å². The van der Waals surface area contributed by atoms with Gasteiger partial charge in [-0.2, -0.15) is 5.10 Å². The van der Waals surface area contributed by atoms with E-state index in [1.165, 1.54) is 0 Å². The number of aromatic amines is 1. The topological polar surface area (TPSA) is 86.3 Å². The molecule has 0 bridgehead atoms. The van der Waals surface area contributed by atoms with E-state index in [9.17, 15) is 4.79 Å². The Morgan fingerprint density at radius 2 is 2.14 bits per heavy atom. The molecule has 1 aromatic carbocycles. The Labute approximate surface area is 160 Å². The summed E-state index contributed by atoms with van der Waals surface area (Å²) in [5, 5.41) is 11.9. The van der Waals surface area contributed by atoms with Crippen molar-refractivity contribution < 1.29 is 0 Å². The van der Waals surface area contributed by atoms with Crippen LogP contribution in [-0.2, 0) is 0 Å². The summed E-state index contributed by atoms with van der Waals surface area (Å²) in [4.78, 5) is 24.2. The van der Waals surface area contributed by atoms with E-state index in [0.717, 1.165) is 28.6 Å². The molecule has 138 valence electrons. The Morgan fingerprint density at radius 3 is 2.93 bits per heavy atom. The van der Waals surface area contributed by atoms with Crippen LogP contribution in [0.25, 0.3) is 21.7 Å². The number of likely N-dealkylation sites (N-methyl/N-ethyl adjacent to an activating group) is 1. The molecule has 7 nitrogen and oxygen atoms in total. The first-order valence-corrected chi connectivity index (χ1v) is 9.06. The third kappa shape index (κ3) is 2.77. The average Bonchev–Trinajstić information content (AvgIpc) is 3.15. The molecule has 1 aliphatic heterocycles. The van der Waals surface area contributed by atoms with Crippen molar-refractivity contribution in [3.05, 3.63) is 70.9 Å². The zero-order valence-electron chi connectivity index (χ0n) is 15.3. The second kappa shape index (κ2) is 6.45. The molecule has 4 aromatic rings. The van der Waals surface area contributed by atoms with Crippen molar-refractivity contribution in [2.24, 2.45) is 5.10 Å². The molecule has 1 unspecified atom stereocenters. The number of nitrogens with one attached hydrogen (secondary N) is 2. The van der Waals surface area contributed by atoms with E-state index < -0.39 is 0 Å². The summed E-state index contributed by atoms with van der Waals surface area (Å²) in [6, 6.07) is 11.8. The molecule has 2 N–H and O–H groups in total. The van der Waals surface area contributed by atoms with E-state index in [-0.39, 0.29) is 11.5 Å². The lowest BCUT2D eigenvalue weighted by Crippen LogP contribution is -2.12. The second-order valence-corrected chi connectivity index (χ2v) is 6.91. The van der Waals surface area contributed by atoms with Gasteiger partial charge in [-0.25, -0.2) is 4.98 Å². The summed E-state index contributed by atoms with van der Waals surface area (Å²) in [7, 11) is 1.96. The van der Waals surface area contributed by atoms with Crippen molar-refractivity contribution in [1.82, 2.24) is 20.0 Å². The summed E-state index contributed by atoms with van der Waals surface area (Å²) in [5.74, 6) is 0.903. The predicted molar refractivity (Wildman–Crippen MR) is 111 cm³/mol. The number of rotatable bonds is 3. The minimum absolute atomic E-state index is 0.141. The Hall–Kier alpha value is -3.74. The van der Waals surface area contributed by atoms with Crippen LogP contribution < -0.4 is 10.9 Å². The number of hydrogen-bond acceptors (Lipinski definition) is 6. The summed E-state index contributed by atoms with van der Waals surface area (Å²) in [5.41, 5.74) is 2.48. The molecular formula is C21H18N6O. The molecule has 0 fully saturated rings. The van der Waals surface area contributed by atoms with Crippen molar-refractivity contribution >= 4 is 39.4 Å². The zero-order valence-corrected chi connectivity index (χ0v) is 15.3. The van der Waals surface area contributed by atoms with Crippen LogP contribution in [0.2, 0.25) is 0 Å². The third-order valence-electron chi connectivity index (χ3n) is 5.00. The highest BCUT2D eigenvalue weighted by Gasteiger charge is 2.19. The van der Waals surface area contributed by atoms with Crippen LogP contribution in [0.4, 0.5) is 11.5 Å². The first-order chi connectivity index (χ1) is 13.7. The van der Waals surface area contributed by atoms with Gasteiger partial charge in [0.15, 0.2) is 0 Å².